The van der Waals surface area contributed by atoms with Crippen LogP contribution in [0.15, 0.2) is 31.1 Å². The highest BCUT2D eigenvalue weighted by Gasteiger charge is 2.48. The summed E-state index contributed by atoms with van der Waals surface area (Å²) in [5.74, 6) is -6.31. The minimum Gasteiger partial charge on any atom is -0.426 e. The lowest BCUT2D eigenvalue weighted by atomic mass is 9.72. The van der Waals surface area contributed by atoms with Crippen LogP contribution in [0.25, 0.3) is 0 Å². The van der Waals surface area contributed by atoms with Crippen LogP contribution in [0.5, 0.6) is 0 Å². The molecule has 8 N–H and O–H groups in total. The Labute approximate surface area is 255 Å². The number of unbranched alkanes of at least 4 members (excludes halogenated alkanes) is 1. The van der Waals surface area contributed by atoms with Crippen LogP contribution in [0.1, 0.15) is 58.1 Å². The van der Waals surface area contributed by atoms with Crippen LogP contribution in [0.3, 0.4) is 0 Å². The van der Waals surface area contributed by atoms with Crippen molar-refractivity contribution in [1.29, 1.82) is 0 Å². The molecule has 2 aromatic rings. The van der Waals surface area contributed by atoms with Gasteiger partial charge in [0, 0.05) is 44.4 Å². The Morgan fingerprint density at radius 2 is 1.86 bits per heavy atom. The monoisotopic (exact) mass is 621 g/mol. The van der Waals surface area contributed by atoms with E-state index in [1.54, 1.807) is 0 Å². The van der Waals surface area contributed by atoms with Gasteiger partial charge in [0.05, 0.1) is 24.2 Å². The zero-order valence-corrected chi connectivity index (χ0v) is 25.0. The molecule has 3 heterocycles. The molecule has 1 aliphatic heterocycles. The van der Waals surface area contributed by atoms with Crippen molar-refractivity contribution in [1.82, 2.24) is 35.5 Å². The molecule has 17 heteroatoms. The molecule has 1 saturated heterocycles. The predicted molar refractivity (Wildman–Crippen MR) is 158 cm³/mol. The van der Waals surface area contributed by atoms with Gasteiger partial charge < -0.3 is 41.6 Å². The van der Waals surface area contributed by atoms with E-state index in [0.717, 1.165) is 4.90 Å². The first-order valence-corrected chi connectivity index (χ1v) is 14.8. The molecular formula is C27H42BF2N9O5. The lowest BCUT2D eigenvalue weighted by molar-refractivity contribution is -0.145. The first kappa shape index (κ1) is 34.8. The summed E-state index contributed by atoms with van der Waals surface area (Å²) in [6.45, 7) is 3.75. The van der Waals surface area contributed by atoms with Crippen LogP contribution in [0.2, 0.25) is 0 Å². The van der Waals surface area contributed by atoms with Gasteiger partial charge in [0.2, 0.25) is 17.7 Å². The van der Waals surface area contributed by atoms with E-state index in [4.69, 9.17) is 5.73 Å². The molecule has 0 aliphatic carbocycles. The molecule has 242 valence electrons. The number of alkyl halides is 2. The summed E-state index contributed by atoms with van der Waals surface area (Å²) in [4.78, 5) is 56.9. The van der Waals surface area contributed by atoms with E-state index in [0.29, 0.717) is 37.3 Å². The largest absolute Gasteiger partial charge is 0.475 e. The lowest BCUT2D eigenvalue weighted by Gasteiger charge is -2.40. The number of likely N-dealkylation sites (tertiary alicyclic amines) is 1. The molecular weight excluding hydrogens is 579 g/mol. The third-order valence-electron chi connectivity index (χ3n) is 7.33. The fourth-order valence-corrected chi connectivity index (χ4v) is 5.08. The summed E-state index contributed by atoms with van der Waals surface area (Å²) in [6.07, 6.45) is 7.61. The van der Waals surface area contributed by atoms with E-state index in [1.165, 1.54) is 31.1 Å². The number of nitrogens with zero attached hydrogens (tertiary/aromatic N) is 4. The van der Waals surface area contributed by atoms with Crippen molar-refractivity contribution in [3.8, 4) is 0 Å². The molecule has 0 bridgehead atoms. The second-order valence-corrected chi connectivity index (χ2v) is 11.4. The standard InChI is InChI=1S/C27H42BF2N9O5/c1-17(2)11-20(37-24(40)19(5-3-4-7-31)36-23-15-32-8-9-34-23)25(41)38-21(12-18-14-33-16-35-18)26(42)39-10-6-27(29,30)13-22(39)28(43)44/h8-9,14-17,19-22,43-44H,3-7,10-13,31H2,1-2H3,(H,33,35)(H,34,36)(H,37,40)(H,38,41)/t19-,20-,21-,22?/m0/s1. The molecule has 3 amide bonds. The lowest BCUT2D eigenvalue weighted by Crippen LogP contribution is -2.62. The zero-order valence-electron chi connectivity index (χ0n) is 25.0. The summed E-state index contributed by atoms with van der Waals surface area (Å²) >= 11 is 0. The Morgan fingerprint density at radius 1 is 1.14 bits per heavy atom. The van der Waals surface area contributed by atoms with Crippen molar-refractivity contribution in [2.24, 2.45) is 11.7 Å². The van der Waals surface area contributed by atoms with Crippen molar-refractivity contribution in [3.05, 3.63) is 36.8 Å². The number of piperidine rings is 1. The number of amides is 3. The van der Waals surface area contributed by atoms with Crippen LogP contribution in [-0.2, 0) is 20.8 Å². The first-order chi connectivity index (χ1) is 20.9. The average molecular weight is 621 g/mol. The normalized spacial score (nSPS) is 18.3. The number of anilines is 1. The number of hydrogen-bond acceptors (Lipinski definition) is 10. The highest BCUT2D eigenvalue weighted by molar-refractivity contribution is 6.43. The van der Waals surface area contributed by atoms with E-state index >= 15 is 0 Å². The van der Waals surface area contributed by atoms with Crippen LogP contribution in [0.4, 0.5) is 14.6 Å². The maximum Gasteiger partial charge on any atom is 0.475 e. The third kappa shape index (κ3) is 10.5. The van der Waals surface area contributed by atoms with Gasteiger partial charge in [-0.05, 0) is 38.1 Å². The number of halogens is 2. The first-order valence-electron chi connectivity index (χ1n) is 14.8. The molecule has 3 rings (SSSR count). The van der Waals surface area contributed by atoms with Gasteiger partial charge in [-0.2, -0.15) is 0 Å². The topological polar surface area (TPSA) is 211 Å². The van der Waals surface area contributed by atoms with Crippen molar-refractivity contribution in [2.45, 2.75) is 88.8 Å². The maximum absolute atomic E-state index is 14.1. The number of H-pyrrole nitrogens is 1. The second kappa shape index (κ2) is 16.4. The van der Waals surface area contributed by atoms with Crippen molar-refractivity contribution in [2.75, 3.05) is 18.4 Å². The number of imidazole rings is 1. The Bertz CT molecular complexity index is 1190. The van der Waals surface area contributed by atoms with Crippen LogP contribution >= 0.6 is 0 Å². The molecule has 0 aromatic carbocycles. The summed E-state index contributed by atoms with van der Waals surface area (Å²) in [5, 5.41) is 28.2. The number of carbonyl (C=O) groups excluding carboxylic acids is 3. The van der Waals surface area contributed by atoms with E-state index in [-0.39, 0.29) is 18.8 Å². The van der Waals surface area contributed by atoms with Gasteiger partial charge in [0.1, 0.15) is 23.9 Å². The molecule has 1 aliphatic rings. The average Bonchev–Trinajstić information content (AvgIpc) is 3.48. The fraction of sp³-hybridized carbons (Fsp3) is 0.630. The van der Waals surface area contributed by atoms with Gasteiger partial charge in [-0.15, -0.1) is 0 Å². The summed E-state index contributed by atoms with van der Waals surface area (Å²) in [7, 11) is -2.21. The third-order valence-corrected chi connectivity index (χ3v) is 7.33. The minimum atomic E-state index is -3.18. The molecule has 1 fully saturated rings. The molecule has 0 radical (unpaired) electrons. The highest BCUT2D eigenvalue weighted by atomic mass is 19.3. The molecule has 44 heavy (non-hydrogen) atoms. The predicted octanol–water partition coefficient (Wildman–Crippen LogP) is 0.00590. The molecule has 4 atom stereocenters. The van der Waals surface area contributed by atoms with Crippen molar-refractivity contribution in [3.63, 3.8) is 0 Å². The Balaban J connectivity index is 1.81. The van der Waals surface area contributed by atoms with Gasteiger partial charge in [-0.1, -0.05) is 13.8 Å². The molecule has 0 spiro atoms. The van der Waals surface area contributed by atoms with Gasteiger partial charge in [0.25, 0.3) is 5.92 Å². The zero-order chi connectivity index (χ0) is 32.3. The highest BCUT2D eigenvalue weighted by Crippen LogP contribution is 2.32. The van der Waals surface area contributed by atoms with Crippen LogP contribution in [0, 0.1) is 5.92 Å². The van der Waals surface area contributed by atoms with E-state index < -0.39 is 74.2 Å². The van der Waals surface area contributed by atoms with E-state index in [9.17, 15) is 33.2 Å². The van der Waals surface area contributed by atoms with Crippen LogP contribution < -0.4 is 21.7 Å². The van der Waals surface area contributed by atoms with Gasteiger partial charge in [-0.25, -0.2) is 18.7 Å². The summed E-state index contributed by atoms with van der Waals surface area (Å²) in [6, 6.07) is -3.10. The number of rotatable bonds is 16. The maximum atomic E-state index is 14.1. The van der Waals surface area contributed by atoms with Gasteiger partial charge >= 0.3 is 7.12 Å². The SMILES string of the molecule is CC(C)C[C@H](NC(=O)[C@H](CCCCN)Nc1cnccn1)C(=O)N[C@@H](Cc1c[nH]cn1)C(=O)N1CCC(F)(F)CC1B(O)O. The van der Waals surface area contributed by atoms with Gasteiger partial charge in [0.15, 0.2) is 0 Å². The molecule has 14 nitrogen and oxygen atoms in total. The summed E-state index contributed by atoms with van der Waals surface area (Å²) < 4.78 is 28.2. The number of aromatic amines is 1. The van der Waals surface area contributed by atoms with Gasteiger partial charge in [-0.3, -0.25) is 19.4 Å². The quantitative estimate of drug-likeness (QED) is 0.0985. The molecule has 1 unspecified atom stereocenters. The number of aromatic nitrogens is 4. The number of hydrogen-bond donors (Lipinski definition) is 7. The Kier molecular flexibility index (Phi) is 13.0. The van der Waals surface area contributed by atoms with E-state index in [1.807, 2.05) is 13.8 Å². The smallest absolute Gasteiger partial charge is 0.426 e. The Morgan fingerprint density at radius 3 is 2.48 bits per heavy atom. The molecule has 2 aromatic heterocycles. The number of nitrogens with two attached hydrogens (primary N) is 1. The second-order valence-electron chi connectivity index (χ2n) is 11.4. The molecule has 0 saturated carbocycles. The van der Waals surface area contributed by atoms with Crippen molar-refractivity contribution >= 4 is 30.7 Å². The fourth-order valence-electron chi connectivity index (χ4n) is 5.08. The van der Waals surface area contributed by atoms with E-state index in [2.05, 4.69) is 35.9 Å². The number of nitrogens with one attached hydrogen (secondary N) is 4. The van der Waals surface area contributed by atoms with Crippen molar-refractivity contribution < 1.29 is 33.2 Å². The van der Waals surface area contributed by atoms with Crippen LogP contribution in [-0.4, -0.2) is 103 Å². The number of carbonyl (C=O) groups is 3. The minimum absolute atomic E-state index is 0.0339. The summed E-state index contributed by atoms with van der Waals surface area (Å²) in [5.41, 5.74) is 6.04. The Hall–Kier alpha value is -3.70.